The summed E-state index contributed by atoms with van der Waals surface area (Å²) in [6.45, 7) is 5.89. The summed E-state index contributed by atoms with van der Waals surface area (Å²) in [5.74, 6) is -0.578. The first-order valence-corrected chi connectivity index (χ1v) is 16.8. The van der Waals surface area contributed by atoms with E-state index in [-0.39, 0.29) is 29.7 Å². The van der Waals surface area contributed by atoms with Crippen LogP contribution in [0, 0.1) is 12.8 Å². The van der Waals surface area contributed by atoms with Crippen molar-refractivity contribution in [1.29, 1.82) is 0 Å². The van der Waals surface area contributed by atoms with Crippen LogP contribution in [0.3, 0.4) is 0 Å². The highest BCUT2D eigenvalue weighted by molar-refractivity contribution is 9.10. The molecule has 4 aromatic carbocycles. The van der Waals surface area contributed by atoms with Gasteiger partial charge in [-0.15, -0.1) is 0 Å². The Morgan fingerprint density at radius 1 is 0.818 bits per heavy atom. The molecule has 0 aliphatic heterocycles. The van der Waals surface area contributed by atoms with Crippen LogP contribution in [0.4, 0.5) is 5.69 Å². The third-order valence-electron chi connectivity index (χ3n) is 7.19. The van der Waals surface area contributed by atoms with Crippen molar-refractivity contribution in [3.8, 4) is 0 Å². The number of hydrogen-bond acceptors (Lipinski definition) is 4. The van der Waals surface area contributed by atoms with E-state index >= 15 is 0 Å². The molecule has 230 valence electrons. The molecule has 0 heterocycles. The van der Waals surface area contributed by atoms with Gasteiger partial charge >= 0.3 is 0 Å². The summed E-state index contributed by atoms with van der Waals surface area (Å²) in [4.78, 5) is 29.9. The fraction of sp³-hybridized carbons (Fsp3) is 0.257. The van der Waals surface area contributed by atoms with E-state index in [0.717, 1.165) is 19.9 Å². The predicted octanol–water partition coefficient (Wildman–Crippen LogP) is 6.37. The molecule has 1 N–H and O–H groups in total. The van der Waals surface area contributed by atoms with Gasteiger partial charge in [0.15, 0.2) is 0 Å². The number of anilines is 1. The van der Waals surface area contributed by atoms with E-state index in [1.807, 2.05) is 87.5 Å². The molecule has 0 aliphatic rings. The van der Waals surface area contributed by atoms with E-state index in [1.54, 1.807) is 30.3 Å². The second-order valence-electron chi connectivity index (χ2n) is 11.1. The average molecular weight is 677 g/mol. The predicted molar refractivity (Wildman–Crippen MR) is 179 cm³/mol. The van der Waals surface area contributed by atoms with Gasteiger partial charge in [0, 0.05) is 24.0 Å². The van der Waals surface area contributed by atoms with Crippen molar-refractivity contribution < 1.29 is 18.0 Å². The van der Waals surface area contributed by atoms with Gasteiger partial charge < -0.3 is 10.2 Å². The topological polar surface area (TPSA) is 86.8 Å². The number of sulfonamides is 1. The quantitative estimate of drug-likeness (QED) is 0.179. The van der Waals surface area contributed by atoms with Crippen molar-refractivity contribution in [2.24, 2.45) is 5.92 Å². The summed E-state index contributed by atoms with van der Waals surface area (Å²) >= 11 is 3.51. The molecule has 4 rings (SSSR count). The van der Waals surface area contributed by atoms with E-state index in [1.165, 1.54) is 17.0 Å². The Hall–Kier alpha value is -3.95. The molecular weight excluding hydrogens is 638 g/mol. The molecule has 0 bridgehead atoms. The van der Waals surface area contributed by atoms with Crippen LogP contribution in [0.5, 0.6) is 0 Å². The first kappa shape index (κ1) is 33.0. The lowest BCUT2D eigenvalue weighted by atomic mass is 10.0. The fourth-order valence-electron chi connectivity index (χ4n) is 4.88. The summed E-state index contributed by atoms with van der Waals surface area (Å²) in [6.07, 6.45) is 0.264. The number of rotatable bonds is 13. The summed E-state index contributed by atoms with van der Waals surface area (Å²) in [5, 5.41) is 3.01. The number of para-hydroxylation sites is 1. The monoisotopic (exact) mass is 675 g/mol. The van der Waals surface area contributed by atoms with Crippen LogP contribution in [0.2, 0.25) is 0 Å². The van der Waals surface area contributed by atoms with Crippen LogP contribution < -0.4 is 9.62 Å². The maximum atomic E-state index is 14.5. The number of amides is 2. The highest BCUT2D eigenvalue weighted by Gasteiger charge is 2.35. The van der Waals surface area contributed by atoms with Crippen LogP contribution in [-0.4, -0.2) is 44.3 Å². The third kappa shape index (κ3) is 8.57. The number of carbonyl (C=O) groups is 2. The molecule has 0 radical (unpaired) electrons. The normalized spacial score (nSPS) is 12.0. The van der Waals surface area contributed by atoms with Crippen LogP contribution in [0.1, 0.15) is 30.5 Å². The van der Waals surface area contributed by atoms with E-state index in [9.17, 15) is 18.0 Å². The summed E-state index contributed by atoms with van der Waals surface area (Å²) in [6, 6.07) is 31.3. The smallest absolute Gasteiger partial charge is 0.264 e. The van der Waals surface area contributed by atoms with Crippen molar-refractivity contribution in [3.05, 3.63) is 130 Å². The maximum absolute atomic E-state index is 14.5. The lowest BCUT2D eigenvalue weighted by Crippen LogP contribution is -2.53. The number of carbonyl (C=O) groups excluding carboxylic acids is 2. The maximum Gasteiger partial charge on any atom is 0.264 e. The number of benzene rings is 4. The van der Waals surface area contributed by atoms with Gasteiger partial charge in [0.25, 0.3) is 10.0 Å². The Morgan fingerprint density at radius 2 is 1.43 bits per heavy atom. The molecule has 0 spiro atoms. The minimum Gasteiger partial charge on any atom is -0.354 e. The number of nitrogens with one attached hydrogen (secondary N) is 1. The molecule has 0 aliphatic carbocycles. The number of nitrogens with zero attached hydrogens (tertiary/aromatic N) is 2. The van der Waals surface area contributed by atoms with Gasteiger partial charge in [-0.3, -0.25) is 13.9 Å². The molecule has 7 nitrogen and oxygen atoms in total. The molecule has 0 saturated heterocycles. The Morgan fingerprint density at radius 3 is 2.07 bits per heavy atom. The van der Waals surface area contributed by atoms with Crippen LogP contribution in [0.25, 0.3) is 0 Å². The van der Waals surface area contributed by atoms with Gasteiger partial charge in [0.05, 0.1) is 10.6 Å². The molecule has 0 unspecified atom stereocenters. The SMILES string of the molecule is Cc1ccccc1N(CC(=O)N(Cc1cccc(Br)c1)[C@@H](Cc1ccccc1)C(=O)NCC(C)C)S(=O)(=O)c1ccccc1. The van der Waals surface area contributed by atoms with Crippen molar-refractivity contribution in [2.75, 3.05) is 17.4 Å². The average Bonchev–Trinajstić information content (AvgIpc) is 3.01. The highest BCUT2D eigenvalue weighted by atomic mass is 79.9. The summed E-state index contributed by atoms with van der Waals surface area (Å²) in [5.41, 5.74) is 2.79. The first-order chi connectivity index (χ1) is 21.1. The minimum absolute atomic E-state index is 0.0742. The molecule has 9 heteroatoms. The Balaban J connectivity index is 1.80. The second-order valence-corrected chi connectivity index (χ2v) is 13.9. The molecule has 2 amide bonds. The fourth-order valence-corrected chi connectivity index (χ4v) is 6.83. The Bertz CT molecular complexity index is 1660. The largest absolute Gasteiger partial charge is 0.354 e. The first-order valence-electron chi connectivity index (χ1n) is 14.5. The van der Waals surface area contributed by atoms with Crippen LogP contribution in [0.15, 0.2) is 119 Å². The van der Waals surface area contributed by atoms with E-state index in [2.05, 4.69) is 21.2 Å². The summed E-state index contributed by atoms with van der Waals surface area (Å²) in [7, 11) is -4.13. The number of halogens is 1. The van der Waals surface area contributed by atoms with E-state index in [4.69, 9.17) is 0 Å². The van der Waals surface area contributed by atoms with E-state index in [0.29, 0.717) is 17.8 Å². The lowest BCUT2D eigenvalue weighted by Gasteiger charge is -2.34. The Labute approximate surface area is 269 Å². The van der Waals surface area contributed by atoms with Gasteiger partial charge in [-0.05, 0) is 59.9 Å². The third-order valence-corrected chi connectivity index (χ3v) is 9.46. The zero-order chi connectivity index (χ0) is 31.7. The van der Waals surface area contributed by atoms with Crippen LogP contribution in [-0.2, 0) is 32.6 Å². The van der Waals surface area contributed by atoms with Crippen molar-refractivity contribution in [2.45, 2.75) is 44.7 Å². The zero-order valence-corrected chi connectivity index (χ0v) is 27.6. The van der Waals surface area contributed by atoms with E-state index < -0.39 is 28.5 Å². The molecule has 1 atom stereocenters. The molecule has 44 heavy (non-hydrogen) atoms. The highest BCUT2D eigenvalue weighted by Crippen LogP contribution is 2.28. The van der Waals surface area contributed by atoms with Gasteiger partial charge in [-0.25, -0.2) is 8.42 Å². The van der Waals surface area contributed by atoms with Crippen molar-refractivity contribution in [1.82, 2.24) is 10.2 Å². The van der Waals surface area contributed by atoms with Crippen molar-refractivity contribution in [3.63, 3.8) is 0 Å². The zero-order valence-electron chi connectivity index (χ0n) is 25.2. The minimum atomic E-state index is -4.13. The second kappa shape index (κ2) is 15.2. The molecular formula is C35H38BrN3O4S. The number of aryl methyl sites for hydroxylation is 1. The standard InChI is InChI=1S/C35H38BrN3O4S/c1-26(2)23-37-35(41)33(22-28-14-6-4-7-15-28)38(24-29-16-12-17-30(36)21-29)34(40)25-39(32-20-11-10-13-27(32)3)44(42,43)31-18-8-5-9-19-31/h4-21,26,33H,22-25H2,1-3H3,(H,37,41)/t33-/m0/s1. The summed E-state index contributed by atoms with van der Waals surface area (Å²) < 4.78 is 30.2. The van der Waals surface area contributed by atoms with Gasteiger partial charge in [-0.2, -0.15) is 0 Å². The molecule has 0 aromatic heterocycles. The van der Waals surface area contributed by atoms with Crippen LogP contribution >= 0.6 is 15.9 Å². The molecule has 0 saturated carbocycles. The molecule has 4 aromatic rings. The van der Waals surface area contributed by atoms with Gasteiger partial charge in [0.2, 0.25) is 11.8 Å². The van der Waals surface area contributed by atoms with Gasteiger partial charge in [0.1, 0.15) is 12.6 Å². The number of hydrogen-bond donors (Lipinski definition) is 1. The van der Waals surface area contributed by atoms with Gasteiger partial charge in [-0.1, -0.05) is 109 Å². The van der Waals surface area contributed by atoms with Crippen molar-refractivity contribution >= 4 is 43.5 Å². The molecule has 0 fully saturated rings. The lowest BCUT2D eigenvalue weighted by molar-refractivity contribution is -0.140. The Kier molecular flexibility index (Phi) is 11.4.